The highest BCUT2D eigenvalue weighted by molar-refractivity contribution is 6.31. The van der Waals surface area contributed by atoms with Gasteiger partial charge >= 0.3 is 0 Å². The lowest BCUT2D eigenvalue weighted by Gasteiger charge is -2.19. The zero-order valence-electron chi connectivity index (χ0n) is 11.2. The molecule has 2 aromatic rings. The topological polar surface area (TPSA) is 37.8 Å². The Hall–Kier alpha value is -1.52. The summed E-state index contributed by atoms with van der Waals surface area (Å²) in [5.74, 6) is 0.192. The van der Waals surface area contributed by atoms with Crippen LogP contribution in [0.15, 0.2) is 18.2 Å². The first-order valence-corrected chi connectivity index (χ1v) is 7.11. The van der Waals surface area contributed by atoms with Crippen molar-refractivity contribution >= 4 is 11.6 Å². The fraction of sp³-hybridized carbons (Fsp3) is 0.333. The van der Waals surface area contributed by atoms with E-state index in [1.807, 2.05) is 0 Å². The van der Waals surface area contributed by atoms with Crippen LogP contribution in [0.3, 0.4) is 0 Å². The molecule has 0 fully saturated rings. The van der Waals surface area contributed by atoms with Gasteiger partial charge in [0.15, 0.2) is 5.82 Å². The molecule has 1 N–H and O–H groups in total. The predicted octanol–water partition coefficient (Wildman–Crippen LogP) is 3.14. The zero-order valence-corrected chi connectivity index (χ0v) is 12.0. The van der Waals surface area contributed by atoms with Crippen LogP contribution >= 0.6 is 11.6 Å². The number of aryl methyl sites for hydroxylation is 1. The van der Waals surface area contributed by atoms with Gasteiger partial charge in [-0.05, 0) is 43.1 Å². The highest BCUT2D eigenvalue weighted by Crippen LogP contribution is 2.25. The van der Waals surface area contributed by atoms with Gasteiger partial charge in [0.05, 0.1) is 10.7 Å². The van der Waals surface area contributed by atoms with Crippen molar-refractivity contribution in [3.8, 4) is 11.4 Å². The molecule has 3 rings (SSSR count). The molecule has 3 nitrogen and oxygen atoms in total. The molecule has 20 heavy (non-hydrogen) atoms. The van der Waals surface area contributed by atoms with E-state index < -0.39 is 5.82 Å². The molecular weight excluding hydrogens is 277 g/mol. The number of benzene rings is 1. The van der Waals surface area contributed by atoms with E-state index in [4.69, 9.17) is 11.6 Å². The van der Waals surface area contributed by atoms with E-state index in [2.05, 4.69) is 22.2 Å². The van der Waals surface area contributed by atoms with Crippen molar-refractivity contribution in [1.29, 1.82) is 0 Å². The molecule has 0 saturated heterocycles. The quantitative estimate of drug-likeness (QED) is 0.924. The number of aromatic nitrogens is 2. The van der Waals surface area contributed by atoms with Crippen LogP contribution in [0.25, 0.3) is 11.4 Å². The van der Waals surface area contributed by atoms with Gasteiger partial charge in [0.1, 0.15) is 5.82 Å². The van der Waals surface area contributed by atoms with Crippen LogP contribution in [-0.2, 0) is 19.4 Å². The number of rotatable bonds is 2. The number of nitrogens with zero attached hydrogens (tertiary/aromatic N) is 2. The van der Waals surface area contributed by atoms with Crippen LogP contribution < -0.4 is 5.32 Å². The lowest BCUT2D eigenvalue weighted by atomic mass is 10.0. The first-order chi connectivity index (χ1) is 9.69. The zero-order chi connectivity index (χ0) is 14.1. The fourth-order valence-electron chi connectivity index (χ4n) is 2.49. The summed E-state index contributed by atoms with van der Waals surface area (Å²) in [7, 11) is 0. The Bertz CT molecular complexity index is 641. The molecule has 104 valence electrons. The number of hydrogen-bond donors (Lipinski definition) is 1. The third kappa shape index (κ3) is 2.41. The predicted molar refractivity (Wildman–Crippen MR) is 77.2 cm³/mol. The molecule has 1 aromatic carbocycles. The van der Waals surface area contributed by atoms with Crippen LogP contribution in [-0.4, -0.2) is 16.5 Å². The molecule has 0 amide bonds. The van der Waals surface area contributed by atoms with Crippen LogP contribution in [0.4, 0.5) is 4.39 Å². The summed E-state index contributed by atoms with van der Waals surface area (Å²) >= 11 is 5.84. The minimum absolute atomic E-state index is 0.0972. The van der Waals surface area contributed by atoms with Crippen molar-refractivity contribution in [3.63, 3.8) is 0 Å². The van der Waals surface area contributed by atoms with Crippen molar-refractivity contribution in [3.05, 3.63) is 46.0 Å². The van der Waals surface area contributed by atoms with Crippen molar-refractivity contribution in [2.24, 2.45) is 0 Å². The second-order valence-electron chi connectivity index (χ2n) is 4.83. The largest absolute Gasteiger partial charge is 0.311 e. The van der Waals surface area contributed by atoms with E-state index in [1.165, 1.54) is 11.6 Å². The summed E-state index contributed by atoms with van der Waals surface area (Å²) in [4.78, 5) is 9.23. The Morgan fingerprint density at radius 2 is 2.20 bits per heavy atom. The highest BCUT2D eigenvalue weighted by atomic mass is 35.5. The second kappa shape index (κ2) is 5.46. The lowest BCUT2D eigenvalue weighted by Crippen LogP contribution is -2.26. The van der Waals surface area contributed by atoms with Gasteiger partial charge < -0.3 is 5.32 Å². The summed E-state index contributed by atoms with van der Waals surface area (Å²) in [5.41, 5.74) is 4.12. The molecular formula is C15H15ClFN3. The molecule has 0 aliphatic carbocycles. The Kier molecular flexibility index (Phi) is 3.68. The second-order valence-corrected chi connectivity index (χ2v) is 5.24. The molecule has 1 aliphatic rings. The summed E-state index contributed by atoms with van der Waals surface area (Å²) in [6.07, 6.45) is 1.83. The summed E-state index contributed by atoms with van der Waals surface area (Å²) < 4.78 is 13.3. The van der Waals surface area contributed by atoms with E-state index >= 15 is 0 Å². The summed E-state index contributed by atoms with van der Waals surface area (Å²) in [5, 5.41) is 3.41. The Balaban J connectivity index is 2.11. The summed E-state index contributed by atoms with van der Waals surface area (Å²) in [6.45, 7) is 3.81. The fourth-order valence-corrected chi connectivity index (χ4v) is 2.67. The van der Waals surface area contributed by atoms with Gasteiger partial charge in [-0.25, -0.2) is 14.4 Å². The van der Waals surface area contributed by atoms with Gasteiger partial charge in [0, 0.05) is 17.8 Å². The average Bonchev–Trinajstić information content (AvgIpc) is 2.49. The Labute approximate surface area is 122 Å². The molecule has 2 heterocycles. The molecule has 0 bridgehead atoms. The molecule has 0 radical (unpaired) electrons. The molecule has 1 aliphatic heterocycles. The van der Waals surface area contributed by atoms with Crippen molar-refractivity contribution < 1.29 is 4.39 Å². The van der Waals surface area contributed by atoms with Crippen LogP contribution in [0.2, 0.25) is 5.02 Å². The maximum atomic E-state index is 13.3. The van der Waals surface area contributed by atoms with E-state index in [0.29, 0.717) is 5.82 Å². The smallest absolute Gasteiger partial charge is 0.159 e. The van der Waals surface area contributed by atoms with Crippen LogP contribution in [0.5, 0.6) is 0 Å². The number of nitrogens with one attached hydrogen (secondary N) is 1. The van der Waals surface area contributed by atoms with Gasteiger partial charge in [-0.2, -0.15) is 0 Å². The van der Waals surface area contributed by atoms with Gasteiger partial charge in [-0.1, -0.05) is 18.5 Å². The third-order valence-electron chi connectivity index (χ3n) is 3.54. The standard InChI is InChI=1S/C15H15ClFN3/c1-2-13-10-5-6-18-8-14(10)20-15(19-13)9-3-4-12(17)11(16)7-9/h3-4,7,18H,2,5-6,8H2,1H3. The maximum absolute atomic E-state index is 13.3. The van der Waals surface area contributed by atoms with Crippen LogP contribution in [0.1, 0.15) is 23.9 Å². The van der Waals surface area contributed by atoms with Gasteiger partial charge in [0.2, 0.25) is 0 Å². The molecule has 0 atom stereocenters. The van der Waals surface area contributed by atoms with Crippen LogP contribution in [0, 0.1) is 5.82 Å². The molecule has 0 spiro atoms. The van der Waals surface area contributed by atoms with E-state index in [-0.39, 0.29) is 5.02 Å². The molecule has 0 unspecified atom stereocenters. The Morgan fingerprint density at radius 1 is 1.35 bits per heavy atom. The number of halogens is 2. The normalized spacial score (nSPS) is 14.2. The van der Waals surface area contributed by atoms with Gasteiger partial charge in [-0.15, -0.1) is 0 Å². The monoisotopic (exact) mass is 291 g/mol. The maximum Gasteiger partial charge on any atom is 0.159 e. The van der Waals surface area contributed by atoms with E-state index in [0.717, 1.165) is 42.9 Å². The SMILES string of the molecule is CCc1nc(-c2ccc(F)c(Cl)c2)nc2c1CCNC2. The van der Waals surface area contributed by atoms with Crippen molar-refractivity contribution in [2.75, 3.05) is 6.54 Å². The molecule has 0 saturated carbocycles. The van der Waals surface area contributed by atoms with Crippen molar-refractivity contribution in [1.82, 2.24) is 15.3 Å². The lowest BCUT2D eigenvalue weighted by molar-refractivity contribution is 0.616. The average molecular weight is 292 g/mol. The number of fused-ring (bicyclic) bond motifs is 1. The first kappa shape index (κ1) is 13.5. The minimum atomic E-state index is -0.425. The summed E-state index contributed by atoms with van der Waals surface area (Å²) in [6, 6.07) is 4.59. The minimum Gasteiger partial charge on any atom is -0.311 e. The van der Waals surface area contributed by atoms with Crippen molar-refractivity contribution in [2.45, 2.75) is 26.3 Å². The molecule has 5 heteroatoms. The highest BCUT2D eigenvalue weighted by Gasteiger charge is 2.17. The van der Waals surface area contributed by atoms with E-state index in [1.54, 1.807) is 12.1 Å². The van der Waals surface area contributed by atoms with Gasteiger partial charge in [0.25, 0.3) is 0 Å². The van der Waals surface area contributed by atoms with E-state index in [9.17, 15) is 4.39 Å². The molecule has 1 aromatic heterocycles. The Morgan fingerprint density at radius 3 is 2.95 bits per heavy atom. The first-order valence-electron chi connectivity index (χ1n) is 6.74. The van der Waals surface area contributed by atoms with Gasteiger partial charge in [-0.3, -0.25) is 0 Å². The third-order valence-corrected chi connectivity index (χ3v) is 3.82. The number of hydrogen-bond acceptors (Lipinski definition) is 3.